The van der Waals surface area contributed by atoms with Crippen molar-refractivity contribution in [2.45, 2.75) is 31.3 Å². The fourth-order valence-electron chi connectivity index (χ4n) is 3.71. The number of carboxylic acid groups (broad SMARTS) is 1. The van der Waals surface area contributed by atoms with Gasteiger partial charge in [0.15, 0.2) is 6.04 Å². The van der Waals surface area contributed by atoms with Gasteiger partial charge in [0.1, 0.15) is 0 Å². The van der Waals surface area contributed by atoms with Crippen LogP contribution in [0.25, 0.3) is 0 Å². The van der Waals surface area contributed by atoms with Gasteiger partial charge in [-0.05, 0) is 31.2 Å². The van der Waals surface area contributed by atoms with Gasteiger partial charge in [-0.2, -0.15) is 0 Å². The number of amides is 1. The summed E-state index contributed by atoms with van der Waals surface area (Å²) < 4.78 is 5.18. The van der Waals surface area contributed by atoms with Crippen LogP contribution in [0.5, 0.6) is 0 Å². The van der Waals surface area contributed by atoms with Crippen molar-refractivity contribution in [2.24, 2.45) is 11.8 Å². The Morgan fingerprint density at radius 2 is 2.16 bits per heavy atom. The Morgan fingerprint density at radius 1 is 1.32 bits per heavy atom. The first kappa shape index (κ1) is 12.9. The summed E-state index contributed by atoms with van der Waals surface area (Å²) in [4.78, 5) is 25.3. The maximum Gasteiger partial charge on any atom is 0.328 e. The zero-order valence-corrected chi connectivity index (χ0v) is 10.9. The van der Waals surface area contributed by atoms with Gasteiger partial charge in [-0.3, -0.25) is 4.79 Å². The zero-order chi connectivity index (χ0) is 13.4. The minimum absolute atomic E-state index is 0.0508. The number of rotatable bonds is 2. The average molecular weight is 268 g/mol. The Labute approximate surface area is 112 Å². The van der Waals surface area contributed by atoms with E-state index in [2.05, 4.69) is 5.32 Å². The van der Waals surface area contributed by atoms with Crippen LogP contribution in [0.3, 0.4) is 0 Å². The van der Waals surface area contributed by atoms with Crippen molar-refractivity contribution >= 4 is 11.9 Å². The largest absolute Gasteiger partial charge is 0.480 e. The summed E-state index contributed by atoms with van der Waals surface area (Å²) >= 11 is 0. The fraction of sp³-hybridized carbons (Fsp3) is 0.846. The second-order valence-electron chi connectivity index (χ2n) is 5.70. The number of nitrogens with zero attached hydrogens (tertiary/aromatic N) is 1. The van der Waals surface area contributed by atoms with E-state index in [0.717, 1.165) is 13.0 Å². The topological polar surface area (TPSA) is 78.9 Å². The van der Waals surface area contributed by atoms with E-state index >= 15 is 0 Å². The molecule has 6 nitrogen and oxygen atoms in total. The smallest absolute Gasteiger partial charge is 0.328 e. The van der Waals surface area contributed by atoms with Gasteiger partial charge in [0.25, 0.3) is 0 Å². The summed E-state index contributed by atoms with van der Waals surface area (Å²) in [5, 5.41) is 12.5. The Balaban J connectivity index is 1.73. The van der Waals surface area contributed by atoms with Gasteiger partial charge in [0.2, 0.25) is 5.91 Å². The van der Waals surface area contributed by atoms with Crippen molar-refractivity contribution in [3.63, 3.8) is 0 Å². The summed E-state index contributed by atoms with van der Waals surface area (Å²) in [5.41, 5.74) is 0. The Bertz CT molecular complexity index is 387. The molecule has 3 rings (SSSR count). The highest BCUT2D eigenvalue weighted by molar-refractivity contribution is 5.87. The number of fused-ring (bicyclic) bond motifs is 1. The van der Waals surface area contributed by atoms with Crippen LogP contribution >= 0.6 is 0 Å². The lowest BCUT2D eigenvalue weighted by atomic mass is 9.93. The second kappa shape index (κ2) is 5.09. The van der Waals surface area contributed by atoms with E-state index in [1.807, 2.05) is 0 Å². The number of carboxylic acids is 1. The van der Waals surface area contributed by atoms with E-state index in [-0.39, 0.29) is 18.6 Å². The lowest BCUT2D eigenvalue weighted by molar-refractivity contribution is -0.159. The Morgan fingerprint density at radius 3 is 2.95 bits per heavy atom. The van der Waals surface area contributed by atoms with Crippen molar-refractivity contribution in [2.75, 3.05) is 26.3 Å². The zero-order valence-electron chi connectivity index (χ0n) is 10.9. The van der Waals surface area contributed by atoms with Crippen LogP contribution in [0, 0.1) is 11.8 Å². The summed E-state index contributed by atoms with van der Waals surface area (Å²) in [5.74, 6) is -0.0397. The average Bonchev–Trinajstić information content (AvgIpc) is 3.00. The molecule has 3 aliphatic rings. The molecule has 0 aromatic heterocycles. The van der Waals surface area contributed by atoms with Gasteiger partial charge >= 0.3 is 5.97 Å². The molecule has 19 heavy (non-hydrogen) atoms. The minimum atomic E-state index is -0.978. The normalized spacial score (nSPS) is 38.2. The molecule has 106 valence electrons. The molecule has 1 amide bonds. The molecule has 3 fully saturated rings. The lowest BCUT2D eigenvalue weighted by Crippen LogP contribution is -2.57. The van der Waals surface area contributed by atoms with Crippen LogP contribution in [-0.4, -0.2) is 60.3 Å². The van der Waals surface area contributed by atoms with Gasteiger partial charge in [0, 0.05) is 6.54 Å². The number of hydrogen-bond acceptors (Lipinski definition) is 4. The van der Waals surface area contributed by atoms with E-state index in [9.17, 15) is 14.7 Å². The SMILES string of the molecule is O=C(O)C1COCCN1C(=O)C1NCC2CCCC21. The van der Waals surface area contributed by atoms with E-state index in [0.29, 0.717) is 25.0 Å². The van der Waals surface area contributed by atoms with Crippen LogP contribution in [0.4, 0.5) is 0 Å². The second-order valence-corrected chi connectivity index (χ2v) is 5.70. The number of hydrogen-bond donors (Lipinski definition) is 2. The highest BCUT2D eigenvalue weighted by atomic mass is 16.5. The summed E-state index contributed by atoms with van der Waals surface area (Å²) in [6, 6.07) is -1.02. The molecule has 0 radical (unpaired) electrons. The van der Waals surface area contributed by atoms with E-state index in [4.69, 9.17) is 4.74 Å². The van der Waals surface area contributed by atoms with E-state index in [1.54, 1.807) is 0 Å². The third kappa shape index (κ3) is 2.23. The highest BCUT2D eigenvalue weighted by Crippen LogP contribution is 2.38. The molecule has 4 atom stereocenters. The first-order chi connectivity index (χ1) is 9.18. The molecule has 1 saturated carbocycles. The standard InChI is InChI=1S/C13H20N2O4/c16-12(11-9-3-1-2-8(9)6-14-11)15-4-5-19-7-10(15)13(17)18/h8-11,14H,1-7H2,(H,17,18). The molecule has 6 heteroatoms. The van der Waals surface area contributed by atoms with Crippen molar-refractivity contribution in [3.8, 4) is 0 Å². The molecule has 0 spiro atoms. The number of carbonyl (C=O) groups excluding carboxylic acids is 1. The van der Waals surface area contributed by atoms with Gasteiger partial charge in [-0.15, -0.1) is 0 Å². The Kier molecular flexibility index (Phi) is 3.45. The Hall–Kier alpha value is -1.14. The molecule has 0 aromatic rings. The molecule has 1 aliphatic carbocycles. The molecule has 4 unspecified atom stereocenters. The quantitative estimate of drug-likeness (QED) is 0.718. The van der Waals surface area contributed by atoms with Gasteiger partial charge in [-0.25, -0.2) is 4.79 Å². The molecular formula is C13H20N2O4. The molecule has 2 aliphatic heterocycles. The van der Waals surface area contributed by atoms with Crippen LogP contribution in [0.15, 0.2) is 0 Å². The summed E-state index contributed by atoms with van der Waals surface area (Å²) in [6.07, 6.45) is 3.45. The third-order valence-corrected chi connectivity index (χ3v) is 4.71. The molecular weight excluding hydrogens is 248 g/mol. The lowest BCUT2D eigenvalue weighted by Gasteiger charge is -2.35. The van der Waals surface area contributed by atoms with Gasteiger partial charge in [-0.1, -0.05) is 6.42 Å². The number of nitrogens with one attached hydrogen (secondary N) is 1. The maximum atomic E-state index is 12.6. The van der Waals surface area contributed by atoms with Crippen molar-refractivity contribution < 1.29 is 19.4 Å². The van der Waals surface area contributed by atoms with Gasteiger partial charge in [0.05, 0.1) is 19.3 Å². The number of aliphatic carboxylic acids is 1. The first-order valence-electron chi connectivity index (χ1n) is 7.03. The number of ether oxygens (including phenoxy) is 1. The predicted molar refractivity (Wildman–Crippen MR) is 66.6 cm³/mol. The number of carbonyl (C=O) groups is 2. The first-order valence-corrected chi connectivity index (χ1v) is 7.03. The van der Waals surface area contributed by atoms with Crippen molar-refractivity contribution in [1.29, 1.82) is 0 Å². The summed E-state index contributed by atoms with van der Waals surface area (Å²) in [7, 11) is 0. The fourth-order valence-corrected chi connectivity index (χ4v) is 3.71. The maximum absolute atomic E-state index is 12.6. The number of morpholine rings is 1. The van der Waals surface area contributed by atoms with E-state index < -0.39 is 12.0 Å². The van der Waals surface area contributed by atoms with Crippen molar-refractivity contribution in [3.05, 3.63) is 0 Å². The van der Waals surface area contributed by atoms with Crippen LogP contribution in [0.1, 0.15) is 19.3 Å². The van der Waals surface area contributed by atoms with Crippen LogP contribution in [0.2, 0.25) is 0 Å². The van der Waals surface area contributed by atoms with Crippen LogP contribution < -0.4 is 5.32 Å². The summed E-state index contributed by atoms with van der Waals surface area (Å²) in [6.45, 7) is 1.80. The van der Waals surface area contributed by atoms with Crippen LogP contribution in [-0.2, 0) is 14.3 Å². The molecule has 2 N–H and O–H groups in total. The van der Waals surface area contributed by atoms with Crippen molar-refractivity contribution in [1.82, 2.24) is 10.2 Å². The molecule has 2 heterocycles. The highest BCUT2D eigenvalue weighted by Gasteiger charge is 2.46. The van der Waals surface area contributed by atoms with Gasteiger partial charge < -0.3 is 20.1 Å². The molecule has 0 bridgehead atoms. The molecule has 2 saturated heterocycles. The monoisotopic (exact) mass is 268 g/mol. The third-order valence-electron chi connectivity index (χ3n) is 4.71. The minimum Gasteiger partial charge on any atom is -0.480 e. The predicted octanol–water partition coefficient (Wildman–Crippen LogP) is -0.313. The van der Waals surface area contributed by atoms with E-state index in [1.165, 1.54) is 17.7 Å². The molecule has 0 aromatic carbocycles.